The van der Waals surface area contributed by atoms with Crippen molar-refractivity contribution in [1.29, 1.82) is 0 Å². The summed E-state index contributed by atoms with van der Waals surface area (Å²) in [4.78, 5) is 12.2. The maximum absolute atomic E-state index is 12.2. The van der Waals surface area contributed by atoms with Crippen LogP contribution in [0.4, 0.5) is 0 Å². The first-order chi connectivity index (χ1) is 12.4. The van der Waals surface area contributed by atoms with Crippen LogP contribution in [-0.4, -0.2) is 37.0 Å². The van der Waals surface area contributed by atoms with Crippen LogP contribution in [0.5, 0.6) is 17.2 Å². The number of ether oxygens (including phenoxy) is 3. The quantitative estimate of drug-likeness (QED) is 0.781. The van der Waals surface area contributed by atoms with Crippen LogP contribution in [0, 0.1) is 13.8 Å². The Morgan fingerprint density at radius 1 is 1.12 bits per heavy atom. The lowest BCUT2D eigenvalue weighted by Gasteiger charge is -2.14. The Bertz CT molecular complexity index is 758. The minimum Gasteiger partial charge on any atom is -0.493 e. The van der Waals surface area contributed by atoms with E-state index in [-0.39, 0.29) is 5.91 Å². The number of aromatic nitrogens is 2. The topological polar surface area (TPSA) is 74.6 Å². The Morgan fingerprint density at radius 3 is 2.19 bits per heavy atom. The van der Waals surface area contributed by atoms with Crippen molar-refractivity contribution in [1.82, 2.24) is 15.1 Å². The molecule has 142 valence electrons. The van der Waals surface area contributed by atoms with E-state index in [0.717, 1.165) is 22.5 Å². The van der Waals surface area contributed by atoms with Gasteiger partial charge in [0.1, 0.15) is 0 Å². The molecule has 0 radical (unpaired) electrons. The van der Waals surface area contributed by atoms with Gasteiger partial charge in [-0.2, -0.15) is 5.10 Å². The summed E-state index contributed by atoms with van der Waals surface area (Å²) < 4.78 is 17.8. The highest BCUT2D eigenvalue weighted by Gasteiger charge is 2.14. The van der Waals surface area contributed by atoms with E-state index < -0.39 is 0 Å². The first kappa shape index (κ1) is 19.6. The summed E-state index contributed by atoms with van der Waals surface area (Å²) in [5, 5.41) is 7.32. The van der Waals surface area contributed by atoms with Crippen LogP contribution in [0.25, 0.3) is 0 Å². The van der Waals surface area contributed by atoms with Gasteiger partial charge in [0.05, 0.1) is 27.0 Å². The zero-order chi connectivity index (χ0) is 19.3. The van der Waals surface area contributed by atoms with Crippen molar-refractivity contribution < 1.29 is 19.0 Å². The van der Waals surface area contributed by atoms with Crippen LogP contribution in [0.3, 0.4) is 0 Å². The number of carbonyl (C=O) groups is 1. The van der Waals surface area contributed by atoms with Gasteiger partial charge in [-0.15, -0.1) is 0 Å². The number of methoxy groups -OCH3 is 3. The van der Waals surface area contributed by atoms with Crippen molar-refractivity contribution in [3.05, 3.63) is 34.6 Å². The lowest BCUT2D eigenvalue weighted by atomic mass is 10.1. The van der Waals surface area contributed by atoms with Gasteiger partial charge < -0.3 is 19.5 Å². The number of aryl methyl sites for hydroxylation is 2. The Kier molecular flexibility index (Phi) is 6.49. The SMILES string of the molecule is COc1cc(CNC(=O)CCc2c(C)nn(C)c2C)cc(OC)c1OC. The summed E-state index contributed by atoms with van der Waals surface area (Å²) in [6, 6.07) is 3.66. The van der Waals surface area contributed by atoms with Gasteiger partial charge in [0.25, 0.3) is 0 Å². The fourth-order valence-corrected chi connectivity index (χ4v) is 2.94. The van der Waals surface area contributed by atoms with Crippen molar-refractivity contribution in [2.24, 2.45) is 7.05 Å². The molecule has 7 nitrogen and oxygen atoms in total. The molecule has 1 heterocycles. The molecule has 0 saturated heterocycles. The minimum absolute atomic E-state index is 0.0126. The average molecular weight is 361 g/mol. The summed E-state index contributed by atoms with van der Waals surface area (Å²) in [7, 11) is 6.61. The van der Waals surface area contributed by atoms with Gasteiger partial charge in [0.15, 0.2) is 11.5 Å². The summed E-state index contributed by atoms with van der Waals surface area (Å²) >= 11 is 0. The highest BCUT2D eigenvalue weighted by molar-refractivity contribution is 5.76. The summed E-state index contributed by atoms with van der Waals surface area (Å²) in [5.74, 6) is 1.66. The van der Waals surface area contributed by atoms with Crippen molar-refractivity contribution in [3.8, 4) is 17.2 Å². The van der Waals surface area contributed by atoms with Crippen LogP contribution in [0.2, 0.25) is 0 Å². The molecule has 0 fully saturated rings. The molecule has 0 aliphatic heterocycles. The monoisotopic (exact) mass is 361 g/mol. The molecule has 1 aromatic carbocycles. The maximum Gasteiger partial charge on any atom is 0.220 e. The van der Waals surface area contributed by atoms with Crippen LogP contribution >= 0.6 is 0 Å². The number of hydrogen-bond acceptors (Lipinski definition) is 5. The molecule has 1 amide bonds. The van der Waals surface area contributed by atoms with Crippen molar-refractivity contribution in [2.75, 3.05) is 21.3 Å². The molecule has 26 heavy (non-hydrogen) atoms. The van der Waals surface area contributed by atoms with E-state index in [1.807, 2.05) is 37.7 Å². The minimum atomic E-state index is -0.0126. The Morgan fingerprint density at radius 2 is 1.73 bits per heavy atom. The lowest BCUT2D eigenvalue weighted by Crippen LogP contribution is -2.23. The first-order valence-corrected chi connectivity index (χ1v) is 8.45. The summed E-state index contributed by atoms with van der Waals surface area (Å²) in [5.41, 5.74) is 4.08. The Balaban J connectivity index is 1.98. The third-order valence-corrected chi connectivity index (χ3v) is 4.48. The molecule has 0 atom stereocenters. The van der Waals surface area contributed by atoms with Crippen LogP contribution < -0.4 is 19.5 Å². The van der Waals surface area contributed by atoms with Gasteiger partial charge >= 0.3 is 0 Å². The molecule has 0 aliphatic carbocycles. The molecule has 7 heteroatoms. The predicted octanol–water partition coefficient (Wildman–Crippen LogP) is 2.31. The number of hydrogen-bond donors (Lipinski definition) is 1. The second-order valence-electron chi connectivity index (χ2n) is 6.08. The first-order valence-electron chi connectivity index (χ1n) is 8.45. The molecule has 0 aliphatic rings. The van der Waals surface area contributed by atoms with Gasteiger partial charge in [0, 0.05) is 25.7 Å². The number of nitrogens with zero attached hydrogens (tertiary/aromatic N) is 2. The number of amides is 1. The smallest absolute Gasteiger partial charge is 0.220 e. The van der Waals surface area contributed by atoms with Gasteiger partial charge in [0.2, 0.25) is 11.7 Å². The highest BCUT2D eigenvalue weighted by Crippen LogP contribution is 2.38. The van der Waals surface area contributed by atoms with Crippen LogP contribution in [0.1, 0.15) is 28.9 Å². The zero-order valence-corrected chi connectivity index (χ0v) is 16.3. The van der Waals surface area contributed by atoms with Crippen LogP contribution in [0.15, 0.2) is 12.1 Å². The fraction of sp³-hybridized carbons (Fsp3) is 0.474. The van der Waals surface area contributed by atoms with E-state index in [2.05, 4.69) is 10.4 Å². The third-order valence-electron chi connectivity index (χ3n) is 4.48. The van der Waals surface area contributed by atoms with E-state index in [1.54, 1.807) is 21.3 Å². The molecular formula is C19H27N3O4. The number of benzene rings is 1. The molecule has 0 bridgehead atoms. The van der Waals surface area contributed by atoms with E-state index >= 15 is 0 Å². The van der Waals surface area contributed by atoms with Gasteiger partial charge in [-0.05, 0) is 43.5 Å². The second-order valence-corrected chi connectivity index (χ2v) is 6.08. The van der Waals surface area contributed by atoms with Crippen molar-refractivity contribution in [3.63, 3.8) is 0 Å². The lowest BCUT2D eigenvalue weighted by molar-refractivity contribution is -0.121. The maximum atomic E-state index is 12.2. The van der Waals surface area contributed by atoms with E-state index in [9.17, 15) is 4.79 Å². The molecule has 0 spiro atoms. The van der Waals surface area contributed by atoms with E-state index in [1.165, 1.54) is 0 Å². The van der Waals surface area contributed by atoms with Crippen molar-refractivity contribution >= 4 is 5.91 Å². The Hall–Kier alpha value is -2.70. The van der Waals surface area contributed by atoms with Gasteiger partial charge in [-0.25, -0.2) is 0 Å². The zero-order valence-electron chi connectivity index (χ0n) is 16.3. The van der Waals surface area contributed by atoms with Crippen LogP contribution in [-0.2, 0) is 24.8 Å². The second kappa shape index (κ2) is 8.60. The summed E-state index contributed by atoms with van der Waals surface area (Å²) in [6.45, 7) is 4.37. The number of nitrogens with one attached hydrogen (secondary N) is 1. The third kappa shape index (κ3) is 4.28. The number of rotatable bonds is 8. The molecule has 1 N–H and O–H groups in total. The van der Waals surface area contributed by atoms with Gasteiger partial charge in [-0.3, -0.25) is 9.48 Å². The molecule has 0 saturated carbocycles. The standard InChI is InChI=1S/C19H27N3O4/c1-12-15(13(2)22(3)21-12)7-8-18(23)20-11-14-9-16(24-4)19(26-6)17(10-14)25-5/h9-10H,7-8,11H2,1-6H3,(H,20,23). The van der Waals surface area contributed by atoms with E-state index in [0.29, 0.717) is 36.6 Å². The molecule has 1 aromatic heterocycles. The highest BCUT2D eigenvalue weighted by atomic mass is 16.5. The molecular weight excluding hydrogens is 334 g/mol. The van der Waals surface area contributed by atoms with E-state index in [4.69, 9.17) is 14.2 Å². The summed E-state index contributed by atoms with van der Waals surface area (Å²) in [6.07, 6.45) is 1.09. The average Bonchev–Trinajstić information content (AvgIpc) is 2.88. The molecule has 2 rings (SSSR count). The van der Waals surface area contributed by atoms with Gasteiger partial charge in [-0.1, -0.05) is 0 Å². The van der Waals surface area contributed by atoms with Crippen molar-refractivity contribution in [2.45, 2.75) is 33.2 Å². The molecule has 2 aromatic rings. The molecule has 0 unspecified atom stereocenters. The normalized spacial score (nSPS) is 10.5. The number of carbonyl (C=O) groups excluding carboxylic acids is 1. The fourth-order valence-electron chi connectivity index (χ4n) is 2.94. The largest absolute Gasteiger partial charge is 0.493 e. The predicted molar refractivity (Wildman–Crippen MR) is 98.9 cm³/mol. The Labute approximate surface area is 154 Å².